The molecule has 0 fully saturated rings. The molecule has 0 saturated heterocycles. The predicted octanol–water partition coefficient (Wildman–Crippen LogP) is 3.81. The standard InChI is InChI=1S/C11H14BrFO/c1-2-3-4-11(14)8-5-9(12)7-10(13)6-8/h5-7,11,14H,2-4H2,1H3. The Bertz CT molecular complexity index is 281. The van der Waals surface area contributed by atoms with Crippen LogP contribution in [0.5, 0.6) is 0 Å². The quantitative estimate of drug-likeness (QED) is 0.873. The minimum atomic E-state index is -0.554. The number of aliphatic hydroxyl groups is 1. The molecular formula is C11H14BrFO. The molecule has 0 aliphatic carbocycles. The van der Waals surface area contributed by atoms with Gasteiger partial charge < -0.3 is 5.11 Å². The second-order valence-corrected chi connectivity index (χ2v) is 4.28. The largest absolute Gasteiger partial charge is 0.388 e. The lowest BCUT2D eigenvalue weighted by Gasteiger charge is -2.10. The number of unbranched alkanes of at least 4 members (excludes halogenated alkanes) is 1. The summed E-state index contributed by atoms with van der Waals surface area (Å²) in [6.45, 7) is 2.06. The van der Waals surface area contributed by atoms with Crippen LogP contribution in [0.4, 0.5) is 4.39 Å². The van der Waals surface area contributed by atoms with Crippen molar-refractivity contribution >= 4 is 15.9 Å². The smallest absolute Gasteiger partial charge is 0.124 e. The summed E-state index contributed by atoms with van der Waals surface area (Å²) < 4.78 is 13.6. The third-order valence-electron chi connectivity index (χ3n) is 2.10. The lowest BCUT2D eigenvalue weighted by molar-refractivity contribution is 0.164. The van der Waals surface area contributed by atoms with Crippen molar-refractivity contribution in [2.75, 3.05) is 0 Å². The molecule has 1 atom stereocenters. The summed E-state index contributed by atoms with van der Waals surface area (Å²) in [6.07, 6.45) is 2.12. The molecule has 78 valence electrons. The molecule has 1 unspecified atom stereocenters. The van der Waals surface area contributed by atoms with Crippen LogP contribution in [0.25, 0.3) is 0 Å². The second kappa shape index (κ2) is 5.47. The summed E-state index contributed by atoms with van der Waals surface area (Å²) in [5, 5.41) is 9.71. The Kier molecular flexibility index (Phi) is 4.55. The van der Waals surface area contributed by atoms with Gasteiger partial charge in [-0.3, -0.25) is 0 Å². The maximum Gasteiger partial charge on any atom is 0.124 e. The predicted molar refractivity (Wildman–Crippen MR) is 58.6 cm³/mol. The van der Waals surface area contributed by atoms with E-state index in [0.717, 1.165) is 12.8 Å². The van der Waals surface area contributed by atoms with Crippen LogP contribution in [0.1, 0.15) is 37.9 Å². The number of halogens is 2. The van der Waals surface area contributed by atoms with Crippen LogP contribution < -0.4 is 0 Å². The van der Waals surface area contributed by atoms with Crippen molar-refractivity contribution < 1.29 is 9.50 Å². The first kappa shape index (κ1) is 11.7. The highest BCUT2D eigenvalue weighted by atomic mass is 79.9. The number of benzene rings is 1. The fourth-order valence-electron chi connectivity index (χ4n) is 1.33. The van der Waals surface area contributed by atoms with Crippen molar-refractivity contribution in [2.45, 2.75) is 32.3 Å². The van der Waals surface area contributed by atoms with Gasteiger partial charge in [0.25, 0.3) is 0 Å². The first-order chi connectivity index (χ1) is 6.63. The van der Waals surface area contributed by atoms with Gasteiger partial charge in [-0.15, -0.1) is 0 Å². The van der Waals surface area contributed by atoms with Crippen molar-refractivity contribution in [3.63, 3.8) is 0 Å². The van der Waals surface area contributed by atoms with Gasteiger partial charge in [0, 0.05) is 4.47 Å². The van der Waals surface area contributed by atoms with Gasteiger partial charge in [-0.05, 0) is 30.2 Å². The average Bonchev–Trinajstić information content (AvgIpc) is 2.12. The molecule has 0 amide bonds. The highest BCUT2D eigenvalue weighted by Gasteiger charge is 2.08. The maximum atomic E-state index is 13.0. The zero-order valence-corrected chi connectivity index (χ0v) is 9.72. The van der Waals surface area contributed by atoms with Crippen LogP contribution in [-0.4, -0.2) is 5.11 Å². The molecule has 1 rings (SSSR count). The van der Waals surface area contributed by atoms with Gasteiger partial charge in [0.1, 0.15) is 5.82 Å². The third kappa shape index (κ3) is 3.39. The third-order valence-corrected chi connectivity index (χ3v) is 2.56. The summed E-state index contributed by atoms with van der Waals surface area (Å²) >= 11 is 3.20. The van der Waals surface area contributed by atoms with E-state index in [4.69, 9.17) is 0 Å². The molecule has 0 aromatic heterocycles. The molecule has 0 bridgehead atoms. The molecule has 1 aromatic carbocycles. The number of hydrogen-bond acceptors (Lipinski definition) is 1. The topological polar surface area (TPSA) is 20.2 Å². The van der Waals surface area contributed by atoms with E-state index in [1.165, 1.54) is 12.1 Å². The average molecular weight is 261 g/mol. The van der Waals surface area contributed by atoms with Gasteiger partial charge >= 0.3 is 0 Å². The zero-order valence-electron chi connectivity index (χ0n) is 8.13. The molecule has 0 aliphatic heterocycles. The molecule has 0 spiro atoms. The Morgan fingerprint density at radius 2 is 2.14 bits per heavy atom. The van der Waals surface area contributed by atoms with Gasteiger partial charge in [-0.2, -0.15) is 0 Å². The Balaban J connectivity index is 2.73. The number of hydrogen-bond donors (Lipinski definition) is 1. The summed E-state index contributed by atoms with van der Waals surface area (Å²) in [6, 6.07) is 4.52. The van der Waals surface area contributed by atoms with Crippen LogP contribution in [0.3, 0.4) is 0 Å². The minimum absolute atomic E-state index is 0.315. The zero-order chi connectivity index (χ0) is 10.6. The van der Waals surface area contributed by atoms with Crippen LogP contribution in [0.15, 0.2) is 22.7 Å². The van der Waals surface area contributed by atoms with Crippen molar-refractivity contribution in [1.82, 2.24) is 0 Å². The molecule has 3 heteroatoms. The molecular weight excluding hydrogens is 247 g/mol. The molecule has 14 heavy (non-hydrogen) atoms. The van der Waals surface area contributed by atoms with E-state index in [2.05, 4.69) is 22.9 Å². The van der Waals surface area contributed by atoms with E-state index < -0.39 is 6.10 Å². The molecule has 0 saturated carbocycles. The van der Waals surface area contributed by atoms with Gasteiger partial charge in [0.05, 0.1) is 6.10 Å². The summed E-state index contributed by atoms with van der Waals surface area (Å²) in [5.74, 6) is -0.315. The number of aliphatic hydroxyl groups excluding tert-OH is 1. The van der Waals surface area contributed by atoms with E-state index in [1.807, 2.05) is 0 Å². The first-order valence-electron chi connectivity index (χ1n) is 4.77. The van der Waals surface area contributed by atoms with E-state index in [0.29, 0.717) is 16.5 Å². The Morgan fingerprint density at radius 3 is 2.71 bits per heavy atom. The van der Waals surface area contributed by atoms with Crippen molar-refractivity contribution in [3.8, 4) is 0 Å². The lowest BCUT2D eigenvalue weighted by atomic mass is 10.0. The minimum Gasteiger partial charge on any atom is -0.388 e. The van der Waals surface area contributed by atoms with Gasteiger partial charge in [0.2, 0.25) is 0 Å². The van der Waals surface area contributed by atoms with Gasteiger partial charge in [0.15, 0.2) is 0 Å². The van der Waals surface area contributed by atoms with Crippen LogP contribution >= 0.6 is 15.9 Å². The summed E-state index contributed by atoms with van der Waals surface area (Å²) in [5.41, 5.74) is 0.644. The Hall–Kier alpha value is -0.410. The van der Waals surface area contributed by atoms with E-state index >= 15 is 0 Å². The fourth-order valence-corrected chi connectivity index (χ4v) is 1.81. The van der Waals surface area contributed by atoms with Gasteiger partial charge in [-0.1, -0.05) is 35.7 Å². The Morgan fingerprint density at radius 1 is 1.43 bits per heavy atom. The van der Waals surface area contributed by atoms with Crippen molar-refractivity contribution in [2.24, 2.45) is 0 Å². The number of rotatable bonds is 4. The highest BCUT2D eigenvalue weighted by molar-refractivity contribution is 9.10. The molecule has 0 radical (unpaired) electrons. The highest BCUT2D eigenvalue weighted by Crippen LogP contribution is 2.23. The molecule has 1 nitrogen and oxygen atoms in total. The molecule has 0 aliphatic rings. The maximum absolute atomic E-state index is 13.0. The van der Waals surface area contributed by atoms with E-state index in [-0.39, 0.29) is 5.82 Å². The molecule has 0 heterocycles. The van der Waals surface area contributed by atoms with Crippen LogP contribution in [-0.2, 0) is 0 Å². The monoisotopic (exact) mass is 260 g/mol. The molecule has 1 aromatic rings. The molecule has 1 N–H and O–H groups in total. The second-order valence-electron chi connectivity index (χ2n) is 3.36. The van der Waals surface area contributed by atoms with Crippen molar-refractivity contribution in [3.05, 3.63) is 34.1 Å². The summed E-state index contributed by atoms with van der Waals surface area (Å²) in [7, 11) is 0. The van der Waals surface area contributed by atoms with Crippen molar-refractivity contribution in [1.29, 1.82) is 0 Å². The van der Waals surface area contributed by atoms with E-state index in [1.54, 1.807) is 6.07 Å². The summed E-state index contributed by atoms with van der Waals surface area (Å²) in [4.78, 5) is 0. The van der Waals surface area contributed by atoms with E-state index in [9.17, 15) is 9.50 Å². The van der Waals surface area contributed by atoms with Crippen LogP contribution in [0.2, 0.25) is 0 Å². The van der Waals surface area contributed by atoms with Gasteiger partial charge in [-0.25, -0.2) is 4.39 Å². The van der Waals surface area contributed by atoms with Crippen LogP contribution in [0, 0.1) is 5.82 Å². The normalized spacial score (nSPS) is 12.9. The Labute approximate surface area is 92.1 Å². The lowest BCUT2D eigenvalue weighted by Crippen LogP contribution is -1.97. The SMILES string of the molecule is CCCCC(O)c1cc(F)cc(Br)c1. The first-order valence-corrected chi connectivity index (χ1v) is 5.57. The fraction of sp³-hybridized carbons (Fsp3) is 0.455.